The largest absolute Gasteiger partial charge is 0.454 e. The van der Waals surface area contributed by atoms with E-state index in [2.05, 4.69) is 301 Å². The molecule has 0 bridgehead atoms. The number of para-hydroxylation sites is 3. The molecule has 4 atom stereocenters. The number of anilines is 10. The minimum atomic E-state index is -0.202. The van der Waals surface area contributed by atoms with Crippen molar-refractivity contribution in [2.75, 3.05) is 19.6 Å². The quantitative estimate of drug-likeness (QED) is 0.155. The minimum absolute atomic E-state index is 0.0604. The Hall–Kier alpha value is -8.74. The smallest absolute Gasteiger partial charge is 0.252 e. The van der Waals surface area contributed by atoms with E-state index in [9.17, 15) is 0 Å². The molecule has 0 amide bonds. The Morgan fingerprint density at radius 2 is 0.922 bits per heavy atom. The fourth-order valence-corrected chi connectivity index (χ4v) is 18.2. The molecule has 0 spiro atoms. The van der Waals surface area contributed by atoms with E-state index in [1.165, 1.54) is 138 Å². The van der Waals surface area contributed by atoms with Gasteiger partial charge in [0.2, 0.25) is 0 Å². The lowest BCUT2D eigenvalue weighted by Crippen LogP contribution is -2.62. The summed E-state index contributed by atoms with van der Waals surface area (Å²) in [6.07, 6.45) is 9.31. The van der Waals surface area contributed by atoms with Crippen LogP contribution in [0.1, 0.15) is 143 Å². The molecule has 6 heteroatoms. The lowest BCUT2D eigenvalue weighted by molar-refractivity contribution is 0.195. The first-order valence-corrected chi connectivity index (χ1v) is 33.4. The number of furan rings is 1. The number of benzene rings is 10. The normalized spacial score (nSPS) is 22.3. The van der Waals surface area contributed by atoms with Crippen LogP contribution in [0.5, 0.6) is 0 Å². The van der Waals surface area contributed by atoms with Crippen molar-refractivity contribution in [2.45, 2.75) is 153 Å². The Kier molecular flexibility index (Phi) is 11.9. The lowest BCUT2D eigenvalue weighted by Gasteiger charge is -2.51. The summed E-state index contributed by atoms with van der Waals surface area (Å²) in [5.41, 5.74) is 27.6. The van der Waals surface area contributed by atoms with E-state index < -0.39 is 0 Å². The van der Waals surface area contributed by atoms with Gasteiger partial charge in [-0.1, -0.05) is 221 Å². The highest BCUT2D eigenvalue weighted by molar-refractivity contribution is 7.00. The Morgan fingerprint density at radius 1 is 0.378 bits per heavy atom. The van der Waals surface area contributed by atoms with Crippen LogP contribution in [-0.2, 0) is 21.7 Å². The zero-order valence-corrected chi connectivity index (χ0v) is 54.1. The number of hydrogen-bond donors (Lipinski definition) is 0. The van der Waals surface area contributed by atoms with E-state index >= 15 is 0 Å². The van der Waals surface area contributed by atoms with E-state index in [4.69, 9.17) is 4.42 Å². The molecule has 4 unspecified atom stereocenters. The van der Waals surface area contributed by atoms with Gasteiger partial charge >= 0.3 is 0 Å². The molecule has 90 heavy (non-hydrogen) atoms. The number of nitrogens with zero attached hydrogens (tertiary/aromatic N) is 4. The number of fused-ring (bicyclic) bond motifs is 13. The van der Waals surface area contributed by atoms with E-state index in [0.717, 1.165) is 53.3 Å². The van der Waals surface area contributed by atoms with Crippen LogP contribution in [0.25, 0.3) is 44.2 Å². The second kappa shape index (κ2) is 19.4. The van der Waals surface area contributed by atoms with Crippen molar-refractivity contribution >= 4 is 102 Å². The zero-order valence-electron chi connectivity index (χ0n) is 54.1. The van der Waals surface area contributed by atoms with Crippen molar-refractivity contribution in [2.24, 2.45) is 0 Å². The maximum Gasteiger partial charge on any atom is 0.252 e. The van der Waals surface area contributed by atoms with E-state index in [1.54, 1.807) is 0 Å². The molecule has 1 aromatic heterocycles. The number of hydrogen-bond acceptors (Lipinski definition) is 5. The Morgan fingerprint density at radius 3 is 1.63 bits per heavy atom. The first kappa shape index (κ1) is 55.3. The average molecular weight is 1170 g/mol. The molecule has 4 aliphatic heterocycles. The first-order chi connectivity index (χ1) is 43.4. The summed E-state index contributed by atoms with van der Waals surface area (Å²) in [7, 11) is 0. The molecule has 11 aromatic rings. The van der Waals surface area contributed by atoms with Crippen LogP contribution >= 0.6 is 0 Å². The average Bonchev–Trinajstić information content (AvgIpc) is 1.04. The molecule has 0 N–H and O–H groups in total. The first-order valence-electron chi connectivity index (χ1n) is 33.4. The van der Waals surface area contributed by atoms with E-state index in [0.29, 0.717) is 0 Å². The van der Waals surface area contributed by atoms with Crippen molar-refractivity contribution in [1.82, 2.24) is 0 Å². The third-order valence-corrected chi connectivity index (χ3v) is 23.5. The topological polar surface area (TPSA) is 26.1 Å². The molecule has 5 heterocycles. The maximum absolute atomic E-state index is 7.30. The van der Waals surface area contributed by atoms with Gasteiger partial charge in [0.1, 0.15) is 5.58 Å². The SMILES string of the molecule is CC(C)(C)c1ccc2c(c1)B1c3ccc(N4c5ccc(-c6ccccc6)cc5C5(C)CCCCC45C)cc3N(c3cccc4c3oc3ccccc34)c3cc(N4c5ccccc5C5(C)CCCCC45C)cc(c31)N2c1ccc(C(C)(C)C)cc1-c1ccccc1. The summed E-state index contributed by atoms with van der Waals surface area (Å²) in [5, 5.41) is 2.25. The van der Waals surface area contributed by atoms with Crippen molar-refractivity contribution in [3.8, 4) is 22.3 Å². The van der Waals surface area contributed by atoms with Crippen LogP contribution in [0.15, 0.2) is 217 Å². The summed E-state index contributed by atoms with van der Waals surface area (Å²) in [6.45, 7) is 24.4. The molecule has 0 radical (unpaired) electrons. The third-order valence-electron chi connectivity index (χ3n) is 23.5. The van der Waals surface area contributed by atoms with Crippen molar-refractivity contribution in [3.63, 3.8) is 0 Å². The van der Waals surface area contributed by atoms with Crippen LogP contribution in [0.4, 0.5) is 56.9 Å². The molecular weight excluding hydrogens is 1090 g/mol. The molecule has 5 nitrogen and oxygen atoms in total. The summed E-state index contributed by atoms with van der Waals surface area (Å²) >= 11 is 0. The molecule has 2 fully saturated rings. The van der Waals surface area contributed by atoms with Crippen LogP contribution in [0, 0.1) is 0 Å². The molecule has 0 saturated heterocycles. The fraction of sp³-hybridized carbons (Fsp3) is 0.286. The molecule has 446 valence electrons. The molecule has 17 rings (SSSR count). The van der Waals surface area contributed by atoms with E-state index in [-0.39, 0.29) is 39.5 Å². The standard InChI is InChI=1S/C84H81BN4O/c1-79(2,3)57-37-42-68(63(49-57)55-28-15-12-16-29-55)86-71-43-38-58(80(4,5)6)50-67(71)85-66-40-39-59(88-70-41-36-56(54-26-13-11-14-27-54)48-65(70)82(8)45-22-24-47-84(82,88)10)51-73(66)87(72-34-25-31-62-61-30-17-20-35-76(61)90-78(62)72)75-53-60(52-74(86)77(75)85)89-69-33-19-18-32-64(69)81(7)44-21-23-46-83(81,89)9/h11-20,25-43,48-53H,21-24,44-47H2,1-10H3. The predicted octanol–water partition coefficient (Wildman–Crippen LogP) is 21.1. The Bertz CT molecular complexity index is 4760. The van der Waals surface area contributed by atoms with Crippen molar-refractivity contribution in [1.29, 1.82) is 0 Å². The Labute approximate surface area is 533 Å². The highest BCUT2D eigenvalue weighted by Gasteiger charge is 2.60. The monoisotopic (exact) mass is 1170 g/mol. The number of rotatable bonds is 6. The van der Waals surface area contributed by atoms with Gasteiger partial charge in [-0.2, -0.15) is 0 Å². The molecule has 2 aliphatic carbocycles. The van der Waals surface area contributed by atoms with Gasteiger partial charge in [-0.15, -0.1) is 0 Å². The maximum atomic E-state index is 7.30. The molecule has 10 aromatic carbocycles. The van der Waals surface area contributed by atoms with Crippen LogP contribution in [0.3, 0.4) is 0 Å². The second-order valence-corrected chi connectivity index (χ2v) is 30.3. The van der Waals surface area contributed by atoms with Crippen LogP contribution < -0.4 is 36.0 Å². The minimum Gasteiger partial charge on any atom is -0.454 e. The van der Waals surface area contributed by atoms with Gasteiger partial charge in [-0.25, -0.2) is 0 Å². The summed E-state index contributed by atoms with van der Waals surface area (Å²) in [5.74, 6) is 0. The lowest BCUT2D eigenvalue weighted by atomic mass is 9.33. The third kappa shape index (κ3) is 7.69. The van der Waals surface area contributed by atoms with Gasteiger partial charge in [-0.3, -0.25) is 0 Å². The predicted molar refractivity (Wildman–Crippen MR) is 382 cm³/mol. The van der Waals surface area contributed by atoms with Crippen LogP contribution in [-0.4, -0.2) is 17.8 Å². The van der Waals surface area contributed by atoms with E-state index in [1.807, 2.05) is 0 Å². The molecular formula is C84H81BN4O. The highest BCUT2D eigenvalue weighted by atomic mass is 16.3. The summed E-state index contributed by atoms with van der Waals surface area (Å²) in [6, 6.07) is 82.2. The Balaban J connectivity index is 1.00. The van der Waals surface area contributed by atoms with Gasteiger partial charge < -0.3 is 24.0 Å². The van der Waals surface area contributed by atoms with Gasteiger partial charge in [0, 0.05) is 72.7 Å². The van der Waals surface area contributed by atoms with Crippen molar-refractivity contribution < 1.29 is 4.42 Å². The highest BCUT2D eigenvalue weighted by Crippen LogP contribution is 2.64. The molecule has 2 saturated carbocycles. The fourth-order valence-electron chi connectivity index (χ4n) is 18.2. The van der Waals surface area contributed by atoms with Crippen molar-refractivity contribution in [3.05, 3.63) is 235 Å². The summed E-state index contributed by atoms with van der Waals surface area (Å²) in [4.78, 5) is 11.0. The van der Waals surface area contributed by atoms with Gasteiger partial charge in [0.25, 0.3) is 6.71 Å². The molecule has 6 aliphatic rings. The van der Waals surface area contributed by atoms with Gasteiger partial charge in [-0.05, 0) is 178 Å². The zero-order chi connectivity index (χ0) is 61.4. The van der Waals surface area contributed by atoms with Crippen LogP contribution in [0.2, 0.25) is 0 Å². The summed E-state index contributed by atoms with van der Waals surface area (Å²) < 4.78 is 7.30. The van der Waals surface area contributed by atoms with Gasteiger partial charge in [0.15, 0.2) is 5.58 Å². The second-order valence-electron chi connectivity index (χ2n) is 30.3. The van der Waals surface area contributed by atoms with Gasteiger partial charge in [0.05, 0.1) is 22.5 Å².